The molecular formula is C17H22BNO3. The topological polar surface area (TPSA) is 59.3 Å². The zero-order chi connectivity index (χ0) is 16.5. The number of hydrogen-bond donors (Lipinski definition) is 0. The van der Waals surface area contributed by atoms with Gasteiger partial charge in [-0.25, -0.2) is 0 Å². The van der Waals surface area contributed by atoms with Crippen molar-refractivity contribution in [1.82, 2.24) is 0 Å². The molecular weight excluding hydrogens is 277 g/mol. The van der Waals surface area contributed by atoms with Crippen LogP contribution < -0.4 is 5.46 Å². The van der Waals surface area contributed by atoms with E-state index in [1.54, 1.807) is 6.07 Å². The first-order valence-corrected chi connectivity index (χ1v) is 7.55. The lowest BCUT2D eigenvalue weighted by molar-refractivity contribution is 0.00578. The maximum absolute atomic E-state index is 12.2. The molecule has 1 aromatic rings. The first kappa shape index (κ1) is 16.7. The van der Waals surface area contributed by atoms with Gasteiger partial charge >= 0.3 is 7.12 Å². The first-order chi connectivity index (χ1) is 10.2. The average molecular weight is 299 g/mol. The molecule has 5 heteroatoms. The number of rotatable bonds is 4. The van der Waals surface area contributed by atoms with Crippen LogP contribution in [0, 0.1) is 18.3 Å². The maximum atomic E-state index is 12.2. The van der Waals surface area contributed by atoms with Gasteiger partial charge in [0.15, 0.2) is 5.78 Å². The summed E-state index contributed by atoms with van der Waals surface area (Å²) in [7, 11) is -0.478. The van der Waals surface area contributed by atoms with Crippen LogP contribution in [0.1, 0.15) is 56.5 Å². The highest BCUT2D eigenvalue weighted by molar-refractivity contribution is 6.62. The molecule has 1 aromatic carbocycles. The number of Topliss-reactive ketones (excluding diaryl/α,β-unsaturated/α-hetero) is 1. The molecule has 4 nitrogen and oxygen atoms in total. The van der Waals surface area contributed by atoms with E-state index in [4.69, 9.17) is 14.6 Å². The zero-order valence-corrected chi connectivity index (χ0v) is 13.9. The molecule has 0 spiro atoms. The normalized spacial score (nSPS) is 19.0. The van der Waals surface area contributed by atoms with Gasteiger partial charge in [-0.05, 0) is 45.6 Å². The van der Waals surface area contributed by atoms with Gasteiger partial charge in [-0.2, -0.15) is 5.26 Å². The number of carbonyl (C=O) groups excluding carboxylic acids is 1. The number of hydrogen-bond acceptors (Lipinski definition) is 4. The van der Waals surface area contributed by atoms with Crippen molar-refractivity contribution < 1.29 is 14.1 Å². The lowest BCUT2D eigenvalue weighted by Gasteiger charge is -2.32. The second kappa shape index (κ2) is 5.87. The van der Waals surface area contributed by atoms with E-state index in [9.17, 15) is 4.79 Å². The highest BCUT2D eigenvalue weighted by Gasteiger charge is 2.52. The lowest BCUT2D eigenvalue weighted by atomic mass is 9.74. The van der Waals surface area contributed by atoms with Gasteiger partial charge in [-0.1, -0.05) is 18.2 Å². The molecule has 22 heavy (non-hydrogen) atoms. The van der Waals surface area contributed by atoms with E-state index in [0.29, 0.717) is 5.56 Å². The highest BCUT2D eigenvalue weighted by Crippen LogP contribution is 2.36. The third-order valence-electron chi connectivity index (χ3n) is 4.65. The van der Waals surface area contributed by atoms with Gasteiger partial charge in [-0.15, -0.1) is 0 Å². The molecule has 0 radical (unpaired) electrons. The summed E-state index contributed by atoms with van der Waals surface area (Å²) in [5.41, 5.74) is 1.56. The predicted octanol–water partition coefficient (Wildman–Crippen LogP) is 2.78. The Morgan fingerprint density at radius 3 is 2.36 bits per heavy atom. The van der Waals surface area contributed by atoms with Crippen molar-refractivity contribution in [2.45, 2.75) is 58.7 Å². The molecule has 0 aliphatic carbocycles. The predicted molar refractivity (Wildman–Crippen MR) is 86.1 cm³/mol. The Kier molecular flexibility index (Phi) is 4.46. The minimum atomic E-state index is -0.478. The van der Waals surface area contributed by atoms with Gasteiger partial charge in [-0.3, -0.25) is 4.79 Å². The molecule has 2 rings (SSSR count). The fourth-order valence-electron chi connectivity index (χ4n) is 2.49. The Bertz CT molecular complexity index is 615. The van der Waals surface area contributed by atoms with Crippen molar-refractivity contribution in [3.8, 4) is 6.07 Å². The van der Waals surface area contributed by atoms with Crippen molar-refractivity contribution in [2.24, 2.45) is 0 Å². The first-order valence-electron chi connectivity index (χ1n) is 7.55. The minimum Gasteiger partial charge on any atom is -0.399 e. The van der Waals surface area contributed by atoms with Gasteiger partial charge in [0.25, 0.3) is 0 Å². The van der Waals surface area contributed by atoms with E-state index in [2.05, 4.69) is 0 Å². The molecule has 0 bridgehead atoms. The molecule has 0 saturated carbocycles. The minimum absolute atomic E-state index is 0.0163. The zero-order valence-electron chi connectivity index (χ0n) is 13.9. The second-order valence-electron chi connectivity index (χ2n) is 6.69. The lowest BCUT2D eigenvalue weighted by Crippen LogP contribution is -2.41. The van der Waals surface area contributed by atoms with Crippen LogP contribution in [0.4, 0.5) is 0 Å². The molecule has 1 aliphatic heterocycles. The van der Waals surface area contributed by atoms with Crippen molar-refractivity contribution >= 4 is 18.4 Å². The van der Waals surface area contributed by atoms with Gasteiger partial charge in [0.05, 0.1) is 17.3 Å². The summed E-state index contributed by atoms with van der Waals surface area (Å²) in [6.45, 7) is 9.92. The molecule has 0 aromatic heterocycles. The van der Waals surface area contributed by atoms with Crippen LogP contribution in [0.15, 0.2) is 18.2 Å². The largest absolute Gasteiger partial charge is 0.495 e. The number of nitriles is 1. The number of nitrogens with zero attached hydrogens (tertiary/aromatic N) is 1. The van der Waals surface area contributed by atoms with Crippen LogP contribution >= 0.6 is 0 Å². The van der Waals surface area contributed by atoms with Crippen LogP contribution in [-0.4, -0.2) is 24.1 Å². The molecule has 116 valence electrons. The van der Waals surface area contributed by atoms with Gasteiger partial charge in [0, 0.05) is 18.4 Å². The quantitative estimate of drug-likeness (QED) is 0.633. The summed E-state index contributed by atoms with van der Waals surface area (Å²) in [6, 6.07) is 7.57. The van der Waals surface area contributed by atoms with Gasteiger partial charge in [0.2, 0.25) is 0 Å². The molecule has 0 atom stereocenters. The Labute approximate surface area is 132 Å². The van der Waals surface area contributed by atoms with Gasteiger partial charge < -0.3 is 9.31 Å². The average Bonchev–Trinajstić information content (AvgIpc) is 2.64. The van der Waals surface area contributed by atoms with Crippen molar-refractivity contribution in [1.29, 1.82) is 5.26 Å². The Hall–Kier alpha value is -1.64. The van der Waals surface area contributed by atoms with E-state index < -0.39 is 18.3 Å². The molecule has 0 unspecified atom stereocenters. The summed E-state index contributed by atoms with van der Waals surface area (Å²) in [5, 5.41) is 8.63. The summed E-state index contributed by atoms with van der Waals surface area (Å²) in [5.74, 6) is -0.0163. The fourth-order valence-corrected chi connectivity index (χ4v) is 2.49. The fraction of sp³-hybridized carbons (Fsp3) is 0.529. The summed E-state index contributed by atoms with van der Waals surface area (Å²) < 4.78 is 12.1. The second-order valence-corrected chi connectivity index (χ2v) is 6.69. The molecule has 1 heterocycles. The van der Waals surface area contributed by atoms with Crippen molar-refractivity contribution in [2.75, 3.05) is 0 Å². The highest BCUT2D eigenvalue weighted by atomic mass is 16.7. The summed E-state index contributed by atoms with van der Waals surface area (Å²) in [4.78, 5) is 12.2. The van der Waals surface area contributed by atoms with Crippen molar-refractivity contribution in [3.05, 3.63) is 29.3 Å². The summed E-state index contributed by atoms with van der Waals surface area (Å²) in [6.07, 6.45) is 0.475. The standard InChI is InChI=1S/C17H22BNO3/c1-12-13(15(20)10-7-11-19)8-6-9-14(12)18-21-16(2,3)17(4,5)22-18/h6,8-9H,7,10H2,1-5H3. The molecule has 1 fully saturated rings. The van der Waals surface area contributed by atoms with E-state index in [1.807, 2.05) is 52.8 Å². The molecule has 1 saturated heterocycles. The number of benzene rings is 1. The van der Waals surface area contributed by atoms with E-state index >= 15 is 0 Å². The summed E-state index contributed by atoms with van der Waals surface area (Å²) >= 11 is 0. The Morgan fingerprint density at radius 2 is 1.82 bits per heavy atom. The SMILES string of the molecule is Cc1c(B2OC(C)(C)C(C)(C)O2)cccc1C(=O)CCC#N. The van der Waals surface area contributed by atoms with Crippen LogP contribution in [-0.2, 0) is 9.31 Å². The van der Waals surface area contributed by atoms with Crippen LogP contribution in [0.5, 0.6) is 0 Å². The van der Waals surface area contributed by atoms with Crippen LogP contribution in [0.3, 0.4) is 0 Å². The third kappa shape index (κ3) is 2.94. The molecule has 0 amide bonds. The van der Waals surface area contributed by atoms with E-state index in [-0.39, 0.29) is 18.6 Å². The van der Waals surface area contributed by atoms with Crippen LogP contribution in [0.25, 0.3) is 0 Å². The van der Waals surface area contributed by atoms with Crippen LogP contribution in [0.2, 0.25) is 0 Å². The monoisotopic (exact) mass is 299 g/mol. The van der Waals surface area contributed by atoms with Crippen molar-refractivity contribution in [3.63, 3.8) is 0 Å². The Balaban J connectivity index is 2.31. The number of carbonyl (C=O) groups is 1. The maximum Gasteiger partial charge on any atom is 0.495 e. The molecule has 1 aliphatic rings. The smallest absolute Gasteiger partial charge is 0.399 e. The Morgan fingerprint density at radius 1 is 1.23 bits per heavy atom. The molecule has 0 N–H and O–H groups in total. The van der Waals surface area contributed by atoms with E-state index in [1.165, 1.54) is 0 Å². The number of ketones is 1. The third-order valence-corrected chi connectivity index (χ3v) is 4.65. The van der Waals surface area contributed by atoms with Gasteiger partial charge in [0.1, 0.15) is 0 Å². The van der Waals surface area contributed by atoms with E-state index in [0.717, 1.165) is 11.0 Å².